The molecular weight excluding hydrogens is 212 g/mol. The minimum Gasteiger partial charge on any atom is -0.493 e. The third-order valence-corrected chi connectivity index (χ3v) is 1.98. The molecule has 0 N–H and O–H groups in total. The van der Waals surface area contributed by atoms with E-state index in [9.17, 15) is 4.79 Å². The molecule has 82 valence electrons. The van der Waals surface area contributed by atoms with Crippen LogP contribution in [0.15, 0.2) is 24.3 Å². The zero-order valence-electron chi connectivity index (χ0n) is 9.00. The molecule has 0 fully saturated rings. The number of benzene rings is 1. The van der Waals surface area contributed by atoms with Crippen LogP contribution >= 0.6 is 11.6 Å². The molecule has 3 heteroatoms. The maximum Gasteiger partial charge on any atom is 0.226 e. The Hall–Kier alpha value is -1.02. The molecule has 0 aliphatic carbocycles. The summed E-state index contributed by atoms with van der Waals surface area (Å²) in [4.78, 5) is 10.6. The van der Waals surface area contributed by atoms with Crippen molar-refractivity contribution >= 4 is 16.8 Å². The van der Waals surface area contributed by atoms with Crippen molar-refractivity contribution in [2.24, 2.45) is 5.92 Å². The molecule has 0 saturated heterocycles. The van der Waals surface area contributed by atoms with Crippen molar-refractivity contribution in [1.82, 2.24) is 0 Å². The van der Waals surface area contributed by atoms with Gasteiger partial charge in [-0.3, -0.25) is 4.79 Å². The number of carbonyl (C=O) groups excluding carboxylic acids is 1. The number of hydrogen-bond acceptors (Lipinski definition) is 2. The van der Waals surface area contributed by atoms with E-state index in [0.29, 0.717) is 12.5 Å². The van der Waals surface area contributed by atoms with Crippen LogP contribution in [0.4, 0.5) is 0 Å². The number of ether oxygens (including phenoxy) is 1. The van der Waals surface area contributed by atoms with Crippen molar-refractivity contribution in [2.45, 2.75) is 20.3 Å². The summed E-state index contributed by atoms with van der Waals surface area (Å²) in [5, 5.41) is -0.342. The second-order valence-corrected chi connectivity index (χ2v) is 4.30. The van der Waals surface area contributed by atoms with Crippen molar-refractivity contribution in [3.8, 4) is 5.75 Å². The average Bonchev–Trinajstić information content (AvgIpc) is 2.16. The lowest BCUT2D eigenvalue weighted by Crippen LogP contribution is -2.04. The first-order valence-electron chi connectivity index (χ1n) is 4.98. The predicted molar refractivity (Wildman–Crippen MR) is 61.3 cm³/mol. The zero-order valence-corrected chi connectivity index (χ0v) is 9.75. The summed E-state index contributed by atoms with van der Waals surface area (Å²) in [6.07, 6.45) is 0.270. The SMILES string of the molecule is CC(C)COc1ccc(CC(=O)Cl)cc1. The minimum atomic E-state index is -0.342. The summed E-state index contributed by atoms with van der Waals surface area (Å²) in [5.41, 5.74) is 0.909. The van der Waals surface area contributed by atoms with E-state index < -0.39 is 0 Å². The lowest BCUT2D eigenvalue weighted by Gasteiger charge is -2.08. The fourth-order valence-corrected chi connectivity index (χ4v) is 1.28. The minimum absolute atomic E-state index is 0.270. The predicted octanol–water partition coefficient (Wildman–Crippen LogP) is 3.03. The topological polar surface area (TPSA) is 26.3 Å². The molecule has 0 aliphatic rings. The van der Waals surface area contributed by atoms with Gasteiger partial charge in [-0.1, -0.05) is 26.0 Å². The smallest absolute Gasteiger partial charge is 0.226 e. The Balaban J connectivity index is 2.52. The average molecular weight is 227 g/mol. The molecular formula is C12H15ClO2. The maximum atomic E-state index is 10.6. The van der Waals surface area contributed by atoms with E-state index in [1.165, 1.54) is 0 Å². The molecule has 0 radical (unpaired) electrons. The normalized spacial score (nSPS) is 10.4. The van der Waals surface area contributed by atoms with Gasteiger partial charge in [0.2, 0.25) is 5.24 Å². The maximum absolute atomic E-state index is 10.6. The van der Waals surface area contributed by atoms with Crippen LogP contribution in [0.3, 0.4) is 0 Å². The molecule has 1 aromatic carbocycles. The first kappa shape index (κ1) is 12.1. The van der Waals surface area contributed by atoms with Gasteiger partial charge < -0.3 is 4.74 Å². The number of rotatable bonds is 5. The van der Waals surface area contributed by atoms with E-state index in [-0.39, 0.29) is 11.7 Å². The Labute approximate surface area is 95.2 Å². The van der Waals surface area contributed by atoms with Gasteiger partial charge in [-0.25, -0.2) is 0 Å². The number of carbonyl (C=O) groups is 1. The quantitative estimate of drug-likeness (QED) is 0.722. The van der Waals surface area contributed by atoms with Gasteiger partial charge in [0, 0.05) is 6.42 Å². The third-order valence-electron chi connectivity index (χ3n) is 1.85. The van der Waals surface area contributed by atoms with Gasteiger partial charge >= 0.3 is 0 Å². The zero-order chi connectivity index (χ0) is 11.3. The largest absolute Gasteiger partial charge is 0.493 e. The highest BCUT2D eigenvalue weighted by Gasteiger charge is 2.00. The summed E-state index contributed by atoms with van der Waals surface area (Å²) >= 11 is 5.28. The lowest BCUT2D eigenvalue weighted by atomic mass is 10.1. The first-order chi connectivity index (χ1) is 7.08. The van der Waals surface area contributed by atoms with E-state index in [1.54, 1.807) is 0 Å². The van der Waals surface area contributed by atoms with Crippen molar-refractivity contribution in [3.05, 3.63) is 29.8 Å². The fraction of sp³-hybridized carbons (Fsp3) is 0.417. The van der Waals surface area contributed by atoms with E-state index in [1.807, 2.05) is 24.3 Å². The van der Waals surface area contributed by atoms with Crippen LogP contribution in [-0.4, -0.2) is 11.8 Å². The monoisotopic (exact) mass is 226 g/mol. The van der Waals surface area contributed by atoms with Crippen molar-refractivity contribution in [2.75, 3.05) is 6.61 Å². The Bertz CT molecular complexity index is 317. The van der Waals surface area contributed by atoms with Crippen molar-refractivity contribution in [1.29, 1.82) is 0 Å². The van der Waals surface area contributed by atoms with Crippen molar-refractivity contribution in [3.63, 3.8) is 0 Å². The van der Waals surface area contributed by atoms with Gasteiger partial charge in [0.25, 0.3) is 0 Å². The molecule has 0 spiro atoms. The van der Waals surface area contributed by atoms with E-state index in [4.69, 9.17) is 16.3 Å². The molecule has 0 bridgehead atoms. The highest BCUT2D eigenvalue weighted by atomic mass is 35.5. The van der Waals surface area contributed by atoms with Crippen LogP contribution in [0, 0.1) is 5.92 Å². The van der Waals surface area contributed by atoms with Gasteiger partial charge in [0.05, 0.1) is 6.61 Å². The standard InChI is InChI=1S/C12H15ClO2/c1-9(2)8-15-11-5-3-10(4-6-11)7-12(13)14/h3-6,9H,7-8H2,1-2H3. The summed E-state index contributed by atoms with van der Waals surface area (Å²) in [6.45, 7) is 4.90. The lowest BCUT2D eigenvalue weighted by molar-refractivity contribution is -0.111. The van der Waals surface area contributed by atoms with Gasteiger partial charge in [0.15, 0.2) is 0 Å². The van der Waals surface area contributed by atoms with Crippen LogP contribution in [0.1, 0.15) is 19.4 Å². The van der Waals surface area contributed by atoms with E-state index in [0.717, 1.165) is 11.3 Å². The van der Waals surface area contributed by atoms with Crippen LogP contribution < -0.4 is 4.74 Å². The molecule has 0 unspecified atom stereocenters. The van der Waals surface area contributed by atoms with Crippen LogP contribution in [0.2, 0.25) is 0 Å². The molecule has 0 heterocycles. The molecule has 0 amide bonds. The first-order valence-corrected chi connectivity index (χ1v) is 5.36. The summed E-state index contributed by atoms with van der Waals surface area (Å²) in [6, 6.07) is 7.43. The Morgan fingerprint density at radius 2 is 1.93 bits per heavy atom. The van der Waals surface area contributed by atoms with Crippen LogP contribution in [0.25, 0.3) is 0 Å². The number of hydrogen-bond donors (Lipinski definition) is 0. The van der Waals surface area contributed by atoms with Gasteiger partial charge in [-0.2, -0.15) is 0 Å². The summed E-state index contributed by atoms with van der Waals surface area (Å²) in [7, 11) is 0. The van der Waals surface area contributed by atoms with Crippen molar-refractivity contribution < 1.29 is 9.53 Å². The molecule has 1 rings (SSSR count). The second kappa shape index (κ2) is 5.76. The molecule has 2 nitrogen and oxygen atoms in total. The Kier molecular flexibility index (Phi) is 4.63. The van der Waals surface area contributed by atoms with E-state index >= 15 is 0 Å². The molecule has 0 atom stereocenters. The molecule has 1 aromatic rings. The second-order valence-electron chi connectivity index (χ2n) is 3.88. The summed E-state index contributed by atoms with van der Waals surface area (Å²) in [5.74, 6) is 1.34. The molecule has 0 saturated carbocycles. The Morgan fingerprint density at radius 1 is 1.33 bits per heavy atom. The highest BCUT2D eigenvalue weighted by molar-refractivity contribution is 6.63. The van der Waals surface area contributed by atoms with Crippen LogP contribution in [0.5, 0.6) is 5.75 Å². The third kappa shape index (κ3) is 4.84. The fourth-order valence-electron chi connectivity index (χ4n) is 1.13. The molecule has 0 aromatic heterocycles. The Morgan fingerprint density at radius 3 is 2.40 bits per heavy atom. The van der Waals surface area contributed by atoms with Gasteiger partial charge in [0.1, 0.15) is 5.75 Å². The molecule has 15 heavy (non-hydrogen) atoms. The summed E-state index contributed by atoms with van der Waals surface area (Å²) < 4.78 is 5.51. The highest BCUT2D eigenvalue weighted by Crippen LogP contribution is 2.14. The van der Waals surface area contributed by atoms with Crippen LogP contribution in [-0.2, 0) is 11.2 Å². The number of halogens is 1. The van der Waals surface area contributed by atoms with Gasteiger partial charge in [-0.05, 0) is 35.2 Å². The van der Waals surface area contributed by atoms with Gasteiger partial charge in [-0.15, -0.1) is 0 Å². The molecule has 0 aliphatic heterocycles. The van der Waals surface area contributed by atoms with E-state index in [2.05, 4.69) is 13.8 Å².